The third-order valence-corrected chi connectivity index (χ3v) is 4.99. The fourth-order valence-corrected chi connectivity index (χ4v) is 3.19. The average molecular weight is 316 g/mol. The monoisotopic (exact) mass is 315 g/mol. The van der Waals surface area contributed by atoms with Crippen LogP contribution in [-0.2, 0) is 5.33 Å². The van der Waals surface area contributed by atoms with Crippen LogP contribution in [-0.4, -0.2) is 33.6 Å². The number of thioether (sulfide) groups is 1. The van der Waals surface area contributed by atoms with E-state index in [1.807, 2.05) is 24.2 Å². The highest BCUT2D eigenvalue weighted by Crippen LogP contribution is 2.31. The van der Waals surface area contributed by atoms with Crippen LogP contribution >= 0.6 is 27.7 Å². The molecular formula is C12H18BrN3S. The Morgan fingerprint density at radius 1 is 1.35 bits per heavy atom. The molecule has 0 N–H and O–H groups in total. The second-order valence-corrected chi connectivity index (χ2v) is 7.23. The van der Waals surface area contributed by atoms with E-state index in [-0.39, 0.29) is 0 Å². The van der Waals surface area contributed by atoms with Gasteiger partial charge in [0.1, 0.15) is 0 Å². The Morgan fingerprint density at radius 3 is 2.71 bits per heavy atom. The molecule has 0 bridgehead atoms. The number of hydrogen-bond donors (Lipinski definition) is 0. The predicted molar refractivity (Wildman–Crippen MR) is 78.0 cm³/mol. The number of alkyl halides is 1. The van der Waals surface area contributed by atoms with Crippen molar-refractivity contribution in [3.05, 3.63) is 18.0 Å². The van der Waals surface area contributed by atoms with E-state index in [0.717, 1.165) is 35.7 Å². The van der Waals surface area contributed by atoms with Crippen LogP contribution in [0.3, 0.4) is 0 Å². The van der Waals surface area contributed by atoms with Gasteiger partial charge in [0.2, 0.25) is 5.95 Å². The Bertz CT molecular complexity index is 367. The normalized spacial score (nSPS) is 20.1. The summed E-state index contributed by atoms with van der Waals surface area (Å²) in [5.41, 5.74) is 1.12. The predicted octanol–water partition coefficient (Wildman–Crippen LogP) is 3.09. The van der Waals surface area contributed by atoms with Crippen molar-refractivity contribution < 1.29 is 0 Å². The van der Waals surface area contributed by atoms with Crippen LogP contribution in [0.4, 0.5) is 5.95 Å². The summed E-state index contributed by atoms with van der Waals surface area (Å²) < 4.78 is 0.380. The molecule has 0 unspecified atom stereocenters. The number of rotatable bonds is 2. The maximum absolute atomic E-state index is 4.44. The molecule has 1 saturated heterocycles. The van der Waals surface area contributed by atoms with Crippen molar-refractivity contribution in [2.75, 3.05) is 23.7 Å². The highest BCUT2D eigenvalue weighted by Gasteiger charge is 2.24. The molecule has 1 aliphatic heterocycles. The third-order valence-electron chi connectivity index (χ3n) is 2.97. The maximum Gasteiger partial charge on any atom is 0.225 e. The van der Waals surface area contributed by atoms with Crippen LogP contribution in [0.25, 0.3) is 0 Å². The van der Waals surface area contributed by atoms with Gasteiger partial charge in [0.25, 0.3) is 0 Å². The zero-order chi connectivity index (χ0) is 12.3. The van der Waals surface area contributed by atoms with Gasteiger partial charge in [-0.15, -0.1) is 0 Å². The van der Waals surface area contributed by atoms with Gasteiger partial charge in [-0.25, -0.2) is 9.97 Å². The van der Waals surface area contributed by atoms with Crippen molar-refractivity contribution in [3.63, 3.8) is 0 Å². The quantitative estimate of drug-likeness (QED) is 0.784. The zero-order valence-electron chi connectivity index (χ0n) is 10.3. The molecule has 1 aliphatic rings. The molecular weight excluding hydrogens is 298 g/mol. The lowest BCUT2D eigenvalue weighted by molar-refractivity contribution is 0.631. The second kappa shape index (κ2) is 5.57. The molecule has 2 heterocycles. The van der Waals surface area contributed by atoms with Gasteiger partial charge in [-0.2, -0.15) is 11.8 Å². The second-order valence-electron chi connectivity index (χ2n) is 4.87. The fraction of sp³-hybridized carbons (Fsp3) is 0.667. The highest BCUT2D eigenvalue weighted by molar-refractivity contribution is 9.08. The molecule has 1 aromatic rings. The summed E-state index contributed by atoms with van der Waals surface area (Å²) in [4.78, 5) is 11.2. The summed E-state index contributed by atoms with van der Waals surface area (Å²) in [6.07, 6.45) is 4.99. The summed E-state index contributed by atoms with van der Waals surface area (Å²) in [6.45, 7) is 6.72. The van der Waals surface area contributed by atoms with Crippen molar-refractivity contribution in [2.24, 2.45) is 0 Å². The molecule has 1 aromatic heterocycles. The summed E-state index contributed by atoms with van der Waals surface area (Å²) >= 11 is 5.45. The van der Waals surface area contributed by atoms with E-state index >= 15 is 0 Å². The first-order chi connectivity index (χ1) is 8.11. The van der Waals surface area contributed by atoms with Crippen LogP contribution in [0.5, 0.6) is 0 Å². The minimum atomic E-state index is 0.380. The molecule has 1 fully saturated rings. The molecule has 94 valence electrons. The first-order valence-corrected chi connectivity index (χ1v) is 7.97. The van der Waals surface area contributed by atoms with Gasteiger partial charge in [0.15, 0.2) is 0 Å². The molecule has 0 amide bonds. The first kappa shape index (κ1) is 13.1. The summed E-state index contributed by atoms with van der Waals surface area (Å²) in [7, 11) is 0. The third kappa shape index (κ3) is 3.58. The van der Waals surface area contributed by atoms with Gasteiger partial charge in [-0.05, 0) is 12.0 Å². The van der Waals surface area contributed by atoms with E-state index < -0.39 is 0 Å². The van der Waals surface area contributed by atoms with Gasteiger partial charge < -0.3 is 4.90 Å². The van der Waals surface area contributed by atoms with Crippen molar-refractivity contribution >= 4 is 33.6 Å². The highest BCUT2D eigenvalue weighted by atomic mass is 79.9. The van der Waals surface area contributed by atoms with Crippen molar-refractivity contribution in [2.45, 2.75) is 30.3 Å². The SMILES string of the molecule is CC1(C)CCN(c2ncc(CBr)cn2)CCS1. The molecule has 17 heavy (non-hydrogen) atoms. The van der Waals surface area contributed by atoms with Crippen LogP contribution < -0.4 is 4.90 Å². The lowest BCUT2D eigenvalue weighted by Gasteiger charge is -2.22. The van der Waals surface area contributed by atoms with Gasteiger partial charge in [-0.3, -0.25) is 0 Å². The number of anilines is 1. The van der Waals surface area contributed by atoms with Crippen molar-refractivity contribution in [1.29, 1.82) is 0 Å². The van der Waals surface area contributed by atoms with Gasteiger partial charge in [0.05, 0.1) is 0 Å². The molecule has 0 spiro atoms. The molecule has 0 saturated carbocycles. The Morgan fingerprint density at radius 2 is 2.06 bits per heavy atom. The van der Waals surface area contributed by atoms with Gasteiger partial charge in [0, 0.05) is 41.3 Å². The van der Waals surface area contributed by atoms with Crippen LogP contribution in [0.15, 0.2) is 12.4 Å². The zero-order valence-corrected chi connectivity index (χ0v) is 12.7. The summed E-state index contributed by atoms with van der Waals surface area (Å²) in [5, 5.41) is 0.816. The molecule has 0 radical (unpaired) electrons. The summed E-state index contributed by atoms with van der Waals surface area (Å²) in [6, 6.07) is 0. The fourth-order valence-electron chi connectivity index (χ4n) is 1.80. The smallest absolute Gasteiger partial charge is 0.225 e. The van der Waals surface area contributed by atoms with Gasteiger partial charge in [-0.1, -0.05) is 29.8 Å². The first-order valence-electron chi connectivity index (χ1n) is 5.86. The topological polar surface area (TPSA) is 29.0 Å². The Balaban J connectivity index is 2.06. The van der Waals surface area contributed by atoms with Crippen molar-refractivity contribution in [3.8, 4) is 0 Å². The minimum absolute atomic E-state index is 0.380. The number of halogens is 1. The lowest BCUT2D eigenvalue weighted by Crippen LogP contribution is -2.28. The molecule has 3 nitrogen and oxygen atoms in total. The number of hydrogen-bond acceptors (Lipinski definition) is 4. The van der Waals surface area contributed by atoms with E-state index in [9.17, 15) is 0 Å². The summed E-state index contributed by atoms with van der Waals surface area (Å²) in [5.74, 6) is 2.02. The molecule has 0 aromatic carbocycles. The number of nitrogens with zero attached hydrogens (tertiary/aromatic N) is 3. The van der Waals surface area contributed by atoms with Crippen LogP contribution in [0.2, 0.25) is 0 Å². The minimum Gasteiger partial charge on any atom is -0.340 e. The van der Waals surface area contributed by atoms with E-state index in [1.165, 1.54) is 6.42 Å². The van der Waals surface area contributed by atoms with E-state index in [4.69, 9.17) is 0 Å². The van der Waals surface area contributed by atoms with Crippen LogP contribution in [0.1, 0.15) is 25.8 Å². The van der Waals surface area contributed by atoms with Crippen molar-refractivity contribution in [1.82, 2.24) is 9.97 Å². The molecule has 0 atom stereocenters. The lowest BCUT2D eigenvalue weighted by atomic mass is 10.1. The molecule has 2 rings (SSSR count). The molecule has 5 heteroatoms. The Labute approximate surface area is 116 Å². The van der Waals surface area contributed by atoms with Crippen LogP contribution in [0, 0.1) is 0 Å². The maximum atomic E-state index is 4.44. The average Bonchev–Trinajstić information content (AvgIpc) is 2.50. The molecule has 0 aliphatic carbocycles. The van der Waals surface area contributed by atoms with E-state index in [0.29, 0.717) is 4.75 Å². The largest absolute Gasteiger partial charge is 0.340 e. The Kier molecular flexibility index (Phi) is 4.31. The van der Waals surface area contributed by atoms with Gasteiger partial charge >= 0.3 is 0 Å². The Hall–Kier alpha value is -0.290. The van der Waals surface area contributed by atoms with E-state index in [1.54, 1.807) is 0 Å². The number of aromatic nitrogens is 2. The standard InChI is InChI=1S/C12H18BrN3S/c1-12(2)3-4-16(5-6-17-12)11-14-8-10(7-13)9-15-11/h8-9H,3-7H2,1-2H3. The van der Waals surface area contributed by atoms with E-state index in [2.05, 4.69) is 44.6 Å².